The molecule has 19 heavy (non-hydrogen) atoms. The summed E-state index contributed by atoms with van der Waals surface area (Å²) in [6, 6.07) is 0. The molecule has 0 saturated carbocycles. The summed E-state index contributed by atoms with van der Waals surface area (Å²) in [5, 5.41) is 3.32. The lowest BCUT2D eigenvalue weighted by Gasteiger charge is -2.37. The van der Waals surface area contributed by atoms with Crippen LogP contribution in [0.5, 0.6) is 0 Å². The second kappa shape index (κ2) is 7.22. The first kappa shape index (κ1) is 14.8. The lowest BCUT2D eigenvalue weighted by atomic mass is 9.96. The van der Waals surface area contributed by atoms with Gasteiger partial charge >= 0.3 is 0 Å². The lowest BCUT2D eigenvalue weighted by molar-refractivity contribution is -0.138. The first-order valence-corrected chi connectivity index (χ1v) is 7.53. The van der Waals surface area contributed by atoms with Crippen molar-refractivity contribution in [2.24, 2.45) is 5.92 Å². The second-order valence-electron chi connectivity index (χ2n) is 5.99. The van der Waals surface area contributed by atoms with Crippen molar-refractivity contribution in [3.63, 3.8) is 0 Å². The average Bonchev–Trinajstić information content (AvgIpc) is 2.46. The summed E-state index contributed by atoms with van der Waals surface area (Å²) in [5.74, 6) is 0.670. The predicted molar refractivity (Wildman–Crippen MR) is 77.2 cm³/mol. The second-order valence-corrected chi connectivity index (χ2v) is 5.99. The maximum absolute atomic E-state index is 12.4. The van der Waals surface area contributed by atoms with E-state index in [0.717, 1.165) is 65.2 Å². The van der Waals surface area contributed by atoms with E-state index in [9.17, 15) is 4.79 Å². The zero-order valence-corrected chi connectivity index (χ0v) is 12.4. The summed E-state index contributed by atoms with van der Waals surface area (Å²) >= 11 is 0. The van der Waals surface area contributed by atoms with Crippen LogP contribution in [0.25, 0.3) is 0 Å². The number of hydrogen-bond acceptors (Lipinski definition) is 4. The van der Waals surface area contributed by atoms with Gasteiger partial charge in [-0.3, -0.25) is 9.69 Å². The van der Waals surface area contributed by atoms with Crippen molar-refractivity contribution in [3.05, 3.63) is 0 Å². The predicted octanol–water partition coefficient (Wildman–Crippen LogP) is -0.308. The normalized spacial score (nSPS) is 23.0. The highest BCUT2D eigenvalue weighted by atomic mass is 16.2. The fraction of sp³-hybridized carbons (Fsp3) is 0.929. The van der Waals surface area contributed by atoms with Gasteiger partial charge in [0, 0.05) is 45.2 Å². The van der Waals surface area contributed by atoms with Gasteiger partial charge in [0.1, 0.15) is 0 Å². The molecule has 0 aromatic heterocycles. The highest BCUT2D eigenvalue weighted by molar-refractivity contribution is 5.79. The van der Waals surface area contributed by atoms with Crippen LogP contribution >= 0.6 is 0 Å². The van der Waals surface area contributed by atoms with Crippen molar-refractivity contribution in [3.8, 4) is 0 Å². The molecule has 0 bridgehead atoms. The van der Waals surface area contributed by atoms with E-state index in [1.165, 1.54) is 0 Å². The van der Waals surface area contributed by atoms with Crippen LogP contribution in [-0.2, 0) is 4.79 Å². The summed E-state index contributed by atoms with van der Waals surface area (Å²) in [6.07, 6.45) is 2.03. The van der Waals surface area contributed by atoms with Crippen molar-refractivity contribution in [2.45, 2.75) is 12.8 Å². The molecule has 5 heteroatoms. The highest BCUT2D eigenvalue weighted by Gasteiger charge is 2.28. The molecule has 5 nitrogen and oxygen atoms in total. The molecule has 0 spiro atoms. The SMILES string of the molecule is CN(C)CCN1CCN(C(=O)C2CCNCC2)CC1. The molecular weight excluding hydrogens is 240 g/mol. The van der Waals surface area contributed by atoms with Crippen LogP contribution in [0, 0.1) is 5.92 Å². The number of nitrogens with zero attached hydrogens (tertiary/aromatic N) is 3. The number of carbonyl (C=O) groups is 1. The van der Waals surface area contributed by atoms with Crippen LogP contribution in [0.1, 0.15) is 12.8 Å². The van der Waals surface area contributed by atoms with Gasteiger partial charge in [0.2, 0.25) is 5.91 Å². The Kier molecular flexibility index (Phi) is 5.60. The van der Waals surface area contributed by atoms with Crippen LogP contribution in [0.4, 0.5) is 0 Å². The van der Waals surface area contributed by atoms with Crippen molar-refractivity contribution < 1.29 is 4.79 Å². The maximum Gasteiger partial charge on any atom is 0.225 e. The number of piperazine rings is 1. The van der Waals surface area contributed by atoms with Gasteiger partial charge in [-0.1, -0.05) is 0 Å². The Hall–Kier alpha value is -0.650. The zero-order valence-electron chi connectivity index (χ0n) is 12.4. The molecule has 2 saturated heterocycles. The molecule has 0 aromatic rings. The van der Waals surface area contributed by atoms with E-state index in [-0.39, 0.29) is 5.92 Å². The van der Waals surface area contributed by atoms with E-state index in [2.05, 4.69) is 34.1 Å². The summed E-state index contributed by atoms with van der Waals surface area (Å²) in [6.45, 7) is 8.10. The van der Waals surface area contributed by atoms with Crippen LogP contribution in [-0.4, -0.2) is 87.1 Å². The molecule has 2 aliphatic rings. The van der Waals surface area contributed by atoms with Crippen molar-refractivity contribution >= 4 is 5.91 Å². The van der Waals surface area contributed by atoms with Crippen LogP contribution < -0.4 is 5.32 Å². The Morgan fingerprint density at radius 1 is 1.16 bits per heavy atom. The minimum absolute atomic E-state index is 0.273. The molecule has 0 unspecified atom stereocenters. The van der Waals surface area contributed by atoms with Crippen molar-refractivity contribution in [1.29, 1.82) is 0 Å². The van der Waals surface area contributed by atoms with E-state index in [4.69, 9.17) is 0 Å². The standard InChI is InChI=1S/C14H28N4O/c1-16(2)7-8-17-9-11-18(12-10-17)14(19)13-3-5-15-6-4-13/h13,15H,3-12H2,1-2H3. The Morgan fingerprint density at radius 2 is 1.79 bits per heavy atom. The summed E-state index contributed by atoms with van der Waals surface area (Å²) in [7, 11) is 4.22. The van der Waals surface area contributed by atoms with Gasteiger partial charge in [0.05, 0.1) is 0 Å². The first-order chi connectivity index (χ1) is 9.16. The molecule has 2 rings (SSSR count). The zero-order chi connectivity index (χ0) is 13.7. The number of hydrogen-bond donors (Lipinski definition) is 1. The Labute approximate surface area is 116 Å². The van der Waals surface area contributed by atoms with Gasteiger partial charge in [0.15, 0.2) is 0 Å². The topological polar surface area (TPSA) is 38.8 Å². The van der Waals surface area contributed by atoms with Crippen molar-refractivity contribution in [1.82, 2.24) is 20.0 Å². The molecular formula is C14H28N4O. The minimum atomic E-state index is 0.273. The van der Waals surface area contributed by atoms with Gasteiger partial charge in [0.25, 0.3) is 0 Å². The van der Waals surface area contributed by atoms with Crippen molar-refractivity contribution in [2.75, 3.05) is 66.5 Å². The fourth-order valence-corrected chi connectivity index (χ4v) is 2.86. The maximum atomic E-state index is 12.4. The molecule has 0 radical (unpaired) electrons. The number of carbonyl (C=O) groups excluding carboxylic acids is 1. The Morgan fingerprint density at radius 3 is 2.37 bits per heavy atom. The van der Waals surface area contributed by atoms with E-state index >= 15 is 0 Å². The Bertz CT molecular complexity index is 281. The fourth-order valence-electron chi connectivity index (χ4n) is 2.86. The highest BCUT2D eigenvalue weighted by Crippen LogP contribution is 2.16. The molecule has 1 N–H and O–H groups in total. The first-order valence-electron chi connectivity index (χ1n) is 7.53. The van der Waals surface area contributed by atoms with E-state index in [1.807, 2.05) is 0 Å². The monoisotopic (exact) mass is 268 g/mol. The largest absolute Gasteiger partial charge is 0.340 e. The number of piperidine rings is 1. The van der Waals surface area contributed by atoms with Gasteiger partial charge in [-0.15, -0.1) is 0 Å². The van der Waals surface area contributed by atoms with E-state index < -0.39 is 0 Å². The average molecular weight is 268 g/mol. The smallest absolute Gasteiger partial charge is 0.225 e. The van der Waals surface area contributed by atoms with Gasteiger partial charge < -0.3 is 15.1 Å². The molecule has 2 fully saturated rings. The molecule has 1 amide bonds. The third-order valence-corrected chi connectivity index (χ3v) is 4.24. The van der Waals surface area contributed by atoms with E-state index in [1.54, 1.807) is 0 Å². The molecule has 110 valence electrons. The van der Waals surface area contributed by atoms with E-state index in [0.29, 0.717) is 5.91 Å². The number of amides is 1. The lowest BCUT2D eigenvalue weighted by Crippen LogP contribution is -2.52. The molecule has 2 aliphatic heterocycles. The summed E-state index contributed by atoms with van der Waals surface area (Å²) < 4.78 is 0. The molecule has 2 heterocycles. The number of likely N-dealkylation sites (N-methyl/N-ethyl adjacent to an activating group) is 1. The van der Waals surface area contributed by atoms with Crippen LogP contribution in [0.2, 0.25) is 0 Å². The summed E-state index contributed by atoms with van der Waals surface area (Å²) in [4.78, 5) is 19.2. The van der Waals surface area contributed by atoms with Gasteiger partial charge in [-0.25, -0.2) is 0 Å². The number of rotatable bonds is 4. The van der Waals surface area contributed by atoms with Gasteiger partial charge in [-0.05, 0) is 40.0 Å². The third-order valence-electron chi connectivity index (χ3n) is 4.24. The molecule has 0 atom stereocenters. The summed E-state index contributed by atoms with van der Waals surface area (Å²) in [5.41, 5.74) is 0. The molecule has 0 aromatic carbocycles. The van der Waals surface area contributed by atoms with Crippen LogP contribution in [0.3, 0.4) is 0 Å². The van der Waals surface area contributed by atoms with Gasteiger partial charge in [-0.2, -0.15) is 0 Å². The van der Waals surface area contributed by atoms with Crippen LogP contribution in [0.15, 0.2) is 0 Å². The number of nitrogens with one attached hydrogen (secondary N) is 1. The minimum Gasteiger partial charge on any atom is -0.340 e. The third kappa shape index (κ3) is 4.44. The Balaban J connectivity index is 1.71. The molecule has 0 aliphatic carbocycles. The quantitative estimate of drug-likeness (QED) is 0.759.